The Hall–Kier alpha value is -0.920. The molecule has 0 bridgehead atoms. The van der Waals surface area contributed by atoms with Crippen molar-refractivity contribution in [2.24, 2.45) is 11.7 Å². The lowest BCUT2D eigenvalue weighted by molar-refractivity contribution is 0.250. The summed E-state index contributed by atoms with van der Waals surface area (Å²) >= 11 is 0. The summed E-state index contributed by atoms with van der Waals surface area (Å²) < 4.78 is 30.9. The molecular formula is C12H21N3O3S. The molecule has 0 saturated carbocycles. The monoisotopic (exact) mass is 287 g/mol. The summed E-state index contributed by atoms with van der Waals surface area (Å²) in [4.78, 5) is 0. The minimum absolute atomic E-state index is 0.0901. The fourth-order valence-corrected chi connectivity index (χ4v) is 3.90. The van der Waals surface area contributed by atoms with Crippen molar-refractivity contribution >= 4 is 10.0 Å². The van der Waals surface area contributed by atoms with Gasteiger partial charge in [-0.3, -0.25) is 0 Å². The first-order chi connectivity index (χ1) is 8.88. The summed E-state index contributed by atoms with van der Waals surface area (Å²) in [5, 5.41) is 3.74. The Morgan fingerprint density at radius 1 is 1.53 bits per heavy atom. The summed E-state index contributed by atoms with van der Waals surface area (Å²) in [5.74, 6) is 0.953. The highest BCUT2D eigenvalue weighted by molar-refractivity contribution is 7.88. The molecule has 2 rings (SSSR count). The number of nitrogens with two attached hydrogens (primary N) is 1. The van der Waals surface area contributed by atoms with E-state index in [2.05, 4.69) is 5.16 Å². The first-order valence-corrected chi connectivity index (χ1v) is 8.15. The van der Waals surface area contributed by atoms with E-state index in [1.54, 1.807) is 13.0 Å². The summed E-state index contributed by atoms with van der Waals surface area (Å²) in [6, 6.07) is 1.79. The van der Waals surface area contributed by atoms with Gasteiger partial charge < -0.3 is 10.3 Å². The predicted molar refractivity (Wildman–Crippen MR) is 71.8 cm³/mol. The molecule has 19 heavy (non-hydrogen) atoms. The lowest BCUT2D eigenvalue weighted by atomic mass is 9.92. The number of rotatable bonds is 4. The van der Waals surface area contributed by atoms with Crippen LogP contribution in [0.5, 0.6) is 0 Å². The number of aryl methyl sites for hydroxylation is 1. The standard InChI is InChI=1S/C12H21N3O3S/c1-9-7-12(14-18-9)8-19(16,17)15-5-3-11(4-6-15)10(2)13/h7,10-11H,3-6,8,13H2,1-2H3. The molecule has 1 aliphatic rings. The van der Waals surface area contributed by atoms with Crippen molar-refractivity contribution < 1.29 is 12.9 Å². The van der Waals surface area contributed by atoms with Gasteiger partial charge in [0.15, 0.2) is 0 Å². The average Bonchev–Trinajstić information content (AvgIpc) is 2.74. The van der Waals surface area contributed by atoms with Crippen LogP contribution in [0, 0.1) is 12.8 Å². The Bertz CT molecular complexity index is 516. The second kappa shape index (κ2) is 5.60. The average molecular weight is 287 g/mol. The highest BCUT2D eigenvalue weighted by Crippen LogP contribution is 2.23. The highest BCUT2D eigenvalue weighted by atomic mass is 32.2. The lowest BCUT2D eigenvalue weighted by Crippen LogP contribution is -2.42. The third-order valence-electron chi connectivity index (χ3n) is 3.64. The van der Waals surface area contributed by atoms with E-state index >= 15 is 0 Å². The number of piperidine rings is 1. The molecule has 108 valence electrons. The molecule has 1 unspecified atom stereocenters. The van der Waals surface area contributed by atoms with Crippen LogP contribution in [0.15, 0.2) is 10.6 Å². The molecular weight excluding hydrogens is 266 g/mol. The quantitative estimate of drug-likeness (QED) is 0.887. The van der Waals surface area contributed by atoms with E-state index in [0.29, 0.717) is 30.5 Å². The van der Waals surface area contributed by atoms with Crippen LogP contribution in [0.1, 0.15) is 31.2 Å². The van der Waals surface area contributed by atoms with Gasteiger partial charge in [0, 0.05) is 25.2 Å². The highest BCUT2D eigenvalue weighted by Gasteiger charge is 2.30. The molecule has 1 aliphatic heterocycles. The Kier molecular flexibility index (Phi) is 4.27. The Balaban J connectivity index is 1.98. The van der Waals surface area contributed by atoms with E-state index in [4.69, 9.17) is 10.3 Å². The molecule has 6 nitrogen and oxygen atoms in total. The summed E-state index contributed by atoms with van der Waals surface area (Å²) in [6.45, 7) is 4.82. The topological polar surface area (TPSA) is 89.4 Å². The Labute approximate surface area is 114 Å². The second-order valence-electron chi connectivity index (χ2n) is 5.28. The maximum absolute atomic E-state index is 12.3. The largest absolute Gasteiger partial charge is 0.361 e. The van der Waals surface area contributed by atoms with Gasteiger partial charge in [0.05, 0.1) is 0 Å². The van der Waals surface area contributed by atoms with Gasteiger partial charge in [0.25, 0.3) is 0 Å². The normalized spacial score (nSPS) is 20.6. The zero-order valence-electron chi connectivity index (χ0n) is 11.4. The number of sulfonamides is 1. The van der Waals surface area contributed by atoms with Gasteiger partial charge in [0.1, 0.15) is 17.2 Å². The summed E-state index contributed by atoms with van der Waals surface area (Å²) in [6.07, 6.45) is 1.66. The van der Waals surface area contributed by atoms with E-state index in [-0.39, 0.29) is 11.8 Å². The zero-order valence-corrected chi connectivity index (χ0v) is 12.2. The number of hydrogen-bond acceptors (Lipinski definition) is 5. The van der Waals surface area contributed by atoms with Gasteiger partial charge in [-0.2, -0.15) is 0 Å². The minimum Gasteiger partial charge on any atom is -0.361 e. The number of nitrogens with zero attached hydrogens (tertiary/aromatic N) is 2. The van der Waals surface area contributed by atoms with E-state index in [9.17, 15) is 8.42 Å². The predicted octanol–water partition coefficient (Wildman–Crippen LogP) is 0.872. The number of aromatic nitrogens is 1. The van der Waals surface area contributed by atoms with Crippen molar-refractivity contribution in [3.63, 3.8) is 0 Å². The molecule has 1 atom stereocenters. The van der Waals surface area contributed by atoms with Crippen LogP contribution in [-0.2, 0) is 15.8 Å². The summed E-state index contributed by atoms with van der Waals surface area (Å²) in [5.41, 5.74) is 6.32. The summed E-state index contributed by atoms with van der Waals surface area (Å²) in [7, 11) is -3.30. The fraction of sp³-hybridized carbons (Fsp3) is 0.750. The van der Waals surface area contributed by atoms with Gasteiger partial charge in [0.2, 0.25) is 10.0 Å². The van der Waals surface area contributed by atoms with Gasteiger partial charge in [-0.1, -0.05) is 5.16 Å². The van der Waals surface area contributed by atoms with Crippen LogP contribution >= 0.6 is 0 Å². The SMILES string of the molecule is Cc1cc(CS(=O)(=O)N2CCC(C(C)N)CC2)no1. The molecule has 2 heterocycles. The Morgan fingerprint density at radius 2 is 2.16 bits per heavy atom. The third kappa shape index (κ3) is 3.55. The molecule has 1 fully saturated rings. The van der Waals surface area contributed by atoms with E-state index in [1.807, 2.05) is 6.92 Å². The smallest absolute Gasteiger partial charge is 0.219 e. The van der Waals surface area contributed by atoms with Crippen molar-refractivity contribution in [1.82, 2.24) is 9.46 Å². The molecule has 0 aliphatic carbocycles. The molecule has 0 aromatic carbocycles. The molecule has 0 amide bonds. The van der Waals surface area contributed by atoms with Crippen molar-refractivity contribution in [3.8, 4) is 0 Å². The molecule has 1 aromatic rings. The van der Waals surface area contributed by atoms with Crippen LogP contribution in [0.4, 0.5) is 0 Å². The van der Waals surface area contributed by atoms with Crippen LogP contribution in [0.2, 0.25) is 0 Å². The van der Waals surface area contributed by atoms with Crippen molar-refractivity contribution in [2.45, 2.75) is 38.5 Å². The second-order valence-corrected chi connectivity index (χ2v) is 7.25. The van der Waals surface area contributed by atoms with Crippen molar-refractivity contribution in [1.29, 1.82) is 0 Å². The molecule has 1 aromatic heterocycles. The maximum atomic E-state index is 12.3. The van der Waals surface area contributed by atoms with E-state index < -0.39 is 10.0 Å². The van der Waals surface area contributed by atoms with Crippen LogP contribution < -0.4 is 5.73 Å². The van der Waals surface area contributed by atoms with Crippen molar-refractivity contribution in [2.75, 3.05) is 13.1 Å². The molecule has 0 spiro atoms. The van der Waals surface area contributed by atoms with Crippen LogP contribution in [-0.4, -0.2) is 37.0 Å². The maximum Gasteiger partial charge on any atom is 0.219 e. The van der Waals surface area contributed by atoms with Gasteiger partial charge in [-0.05, 0) is 32.6 Å². The van der Waals surface area contributed by atoms with Gasteiger partial charge in [-0.25, -0.2) is 12.7 Å². The molecule has 2 N–H and O–H groups in total. The first-order valence-electron chi connectivity index (χ1n) is 6.54. The fourth-order valence-electron chi connectivity index (χ4n) is 2.44. The third-order valence-corrected chi connectivity index (χ3v) is 5.46. The lowest BCUT2D eigenvalue weighted by Gasteiger charge is -2.32. The van der Waals surface area contributed by atoms with Crippen LogP contribution in [0.3, 0.4) is 0 Å². The number of hydrogen-bond donors (Lipinski definition) is 1. The van der Waals surface area contributed by atoms with E-state index in [0.717, 1.165) is 12.8 Å². The van der Waals surface area contributed by atoms with Gasteiger partial charge in [-0.15, -0.1) is 0 Å². The molecule has 1 saturated heterocycles. The van der Waals surface area contributed by atoms with Crippen LogP contribution in [0.25, 0.3) is 0 Å². The van der Waals surface area contributed by atoms with E-state index in [1.165, 1.54) is 4.31 Å². The van der Waals surface area contributed by atoms with Gasteiger partial charge >= 0.3 is 0 Å². The van der Waals surface area contributed by atoms with Crippen molar-refractivity contribution in [3.05, 3.63) is 17.5 Å². The zero-order chi connectivity index (χ0) is 14.0. The Morgan fingerprint density at radius 3 is 2.63 bits per heavy atom. The molecule has 0 radical (unpaired) electrons. The minimum atomic E-state index is -3.30. The molecule has 7 heteroatoms. The first kappa shape index (κ1) is 14.5.